The van der Waals surface area contributed by atoms with E-state index in [9.17, 15) is 9.59 Å². The van der Waals surface area contributed by atoms with Gasteiger partial charge in [0.1, 0.15) is 6.17 Å². The number of esters is 1. The van der Waals surface area contributed by atoms with Crippen LogP contribution in [-0.2, 0) is 25.6 Å². The standard InChI is InChI=1S/C20H23N3O4/c1-26-20(25)17-13-18(23(27-17)15-10-6-3-7-11-15)22-19(24)16(21)12-14-8-4-2-5-9-14/h2-11,16-18H,12-13,21H2,1H3,(H,22,24)/t16-,17+,18+/m0/s1. The van der Waals surface area contributed by atoms with Crippen molar-refractivity contribution in [3.8, 4) is 0 Å². The van der Waals surface area contributed by atoms with Crippen LogP contribution in [0.2, 0.25) is 0 Å². The fourth-order valence-electron chi connectivity index (χ4n) is 2.99. The molecule has 3 atom stereocenters. The van der Waals surface area contributed by atoms with Gasteiger partial charge in [0.25, 0.3) is 0 Å². The van der Waals surface area contributed by atoms with Crippen molar-refractivity contribution >= 4 is 17.6 Å². The molecule has 0 saturated carbocycles. The van der Waals surface area contributed by atoms with Crippen LogP contribution in [0.15, 0.2) is 60.7 Å². The third kappa shape index (κ3) is 4.64. The fraction of sp³-hybridized carbons (Fsp3) is 0.300. The summed E-state index contributed by atoms with van der Waals surface area (Å²) in [6.45, 7) is 0. The number of hydrogen-bond donors (Lipinski definition) is 2. The van der Waals surface area contributed by atoms with E-state index >= 15 is 0 Å². The lowest BCUT2D eigenvalue weighted by molar-refractivity contribution is -0.151. The third-order valence-corrected chi connectivity index (χ3v) is 4.38. The van der Waals surface area contributed by atoms with Crippen LogP contribution in [0, 0.1) is 0 Å². The number of carbonyl (C=O) groups is 2. The summed E-state index contributed by atoms with van der Waals surface area (Å²) in [4.78, 5) is 30.2. The highest BCUT2D eigenvalue weighted by Gasteiger charge is 2.40. The Hall–Kier alpha value is -2.90. The largest absolute Gasteiger partial charge is 0.467 e. The summed E-state index contributed by atoms with van der Waals surface area (Å²) in [5.41, 5.74) is 7.78. The lowest BCUT2D eigenvalue weighted by Crippen LogP contribution is -2.50. The fourth-order valence-corrected chi connectivity index (χ4v) is 2.99. The number of benzene rings is 2. The lowest BCUT2D eigenvalue weighted by Gasteiger charge is -2.26. The number of hydroxylamine groups is 1. The summed E-state index contributed by atoms with van der Waals surface area (Å²) in [5, 5.41) is 4.41. The highest BCUT2D eigenvalue weighted by molar-refractivity contribution is 5.83. The monoisotopic (exact) mass is 369 g/mol. The summed E-state index contributed by atoms with van der Waals surface area (Å²) in [5.74, 6) is -0.792. The van der Waals surface area contributed by atoms with E-state index in [1.54, 1.807) is 0 Å². The topological polar surface area (TPSA) is 93.9 Å². The van der Waals surface area contributed by atoms with Crippen LogP contribution < -0.4 is 16.1 Å². The number of rotatable bonds is 6. The molecule has 27 heavy (non-hydrogen) atoms. The molecule has 1 fully saturated rings. The molecular formula is C20H23N3O4. The molecule has 0 aromatic heterocycles. The van der Waals surface area contributed by atoms with Crippen LogP contribution in [0.5, 0.6) is 0 Å². The molecule has 3 N–H and O–H groups in total. The molecular weight excluding hydrogens is 346 g/mol. The van der Waals surface area contributed by atoms with E-state index in [-0.39, 0.29) is 12.3 Å². The summed E-state index contributed by atoms with van der Waals surface area (Å²) in [6.07, 6.45) is -0.617. The molecule has 7 nitrogen and oxygen atoms in total. The number of ether oxygens (including phenoxy) is 1. The van der Waals surface area contributed by atoms with Crippen LogP contribution in [0.1, 0.15) is 12.0 Å². The van der Waals surface area contributed by atoms with Crippen molar-refractivity contribution in [1.82, 2.24) is 5.32 Å². The molecule has 0 spiro atoms. The van der Waals surface area contributed by atoms with Crippen LogP contribution in [0.25, 0.3) is 0 Å². The van der Waals surface area contributed by atoms with Gasteiger partial charge in [0.15, 0.2) is 6.10 Å². The molecule has 3 rings (SSSR count). The van der Waals surface area contributed by atoms with Crippen molar-refractivity contribution in [3.05, 3.63) is 66.2 Å². The number of para-hydroxylation sites is 1. The van der Waals surface area contributed by atoms with E-state index in [1.807, 2.05) is 60.7 Å². The summed E-state index contributed by atoms with van der Waals surface area (Å²) >= 11 is 0. The van der Waals surface area contributed by atoms with Crippen molar-refractivity contribution < 1.29 is 19.2 Å². The van der Waals surface area contributed by atoms with Gasteiger partial charge in [-0.15, -0.1) is 0 Å². The minimum absolute atomic E-state index is 0.269. The first kappa shape index (κ1) is 18.9. The van der Waals surface area contributed by atoms with E-state index in [4.69, 9.17) is 15.3 Å². The number of hydrogen-bond acceptors (Lipinski definition) is 6. The van der Waals surface area contributed by atoms with Gasteiger partial charge >= 0.3 is 5.97 Å². The Balaban J connectivity index is 1.70. The maximum atomic E-state index is 12.6. The second-order valence-corrected chi connectivity index (χ2v) is 6.33. The molecule has 0 unspecified atom stereocenters. The summed E-state index contributed by atoms with van der Waals surface area (Å²) in [6, 6.07) is 18.1. The number of carbonyl (C=O) groups excluding carboxylic acids is 2. The number of nitrogens with two attached hydrogens (primary N) is 1. The zero-order chi connectivity index (χ0) is 19.2. The SMILES string of the molecule is COC(=O)[C@H]1C[C@H](NC(=O)[C@@H](N)Cc2ccccc2)N(c2ccccc2)O1. The van der Waals surface area contributed by atoms with Crippen LogP contribution in [-0.4, -0.2) is 37.3 Å². The molecule has 7 heteroatoms. The molecule has 2 aromatic carbocycles. The normalized spacial score (nSPS) is 20.1. The van der Waals surface area contributed by atoms with Crippen molar-refractivity contribution in [2.24, 2.45) is 5.73 Å². The number of anilines is 1. The van der Waals surface area contributed by atoms with Gasteiger partial charge in [-0.25, -0.2) is 9.86 Å². The average Bonchev–Trinajstić information content (AvgIpc) is 3.12. The quantitative estimate of drug-likeness (QED) is 0.747. The van der Waals surface area contributed by atoms with Crippen LogP contribution >= 0.6 is 0 Å². The molecule has 1 aliphatic rings. The summed E-state index contributed by atoms with van der Waals surface area (Å²) in [7, 11) is 1.31. The van der Waals surface area contributed by atoms with Gasteiger partial charge in [-0.1, -0.05) is 48.5 Å². The second kappa shape index (κ2) is 8.66. The van der Waals surface area contributed by atoms with E-state index in [0.717, 1.165) is 11.3 Å². The minimum atomic E-state index is -0.786. The molecule has 1 heterocycles. The van der Waals surface area contributed by atoms with E-state index in [2.05, 4.69) is 5.32 Å². The number of amides is 1. The Morgan fingerprint density at radius 3 is 2.44 bits per heavy atom. The Kier molecular flexibility index (Phi) is 6.05. The zero-order valence-electron chi connectivity index (χ0n) is 15.1. The Bertz CT molecular complexity index is 769. The van der Waals surface area contributed by atoms with Crippen LogP contribution in [0.4, 0.5) is 5.69 Å². The predicted molar refractivity (Wildman–Crippen MR) is 100 cm³/mol. The van der Waals surface area contributed by atoms with Gasteiger partial charge in [0, 0.05) is 6.42 Å². The van der Waals surface area contributed by atoms with Gasteiger partial charge in [-0.2, -0.15) is 0 Å². The van der Waals surface area contributed by atoms with Crippen molar-refractivity contribution in [1.29, 1.82) is 0 Å². The van der Waals surface area contributed by atoms with Gasteiger partial charge in [-0.3, -0.25) is 9.63 Å². The van der Waals surface area contributed by atoms with Crippen molar-refractivity contribution in [2.45, 2.75) is 31.2 Å². The highest BCUT2D eigenvalue weighted by atomic mass is 16.7. The summed E-state index contributed by atoms with van der Waals surface area (Å²) < 4.78 is 4.77. The van der Waals surface area contributed by atoms with Gasteiger partial charge in [0.05, 0.1) is 18.8 Å². The van der Waals surface area contributed by atoms with E-state index in [0.29, 0.717) is 6.42 Å². The first-order valence-electron chi connectivity index (χ1n) is 8.77. The number of methoxy groups -OCH3 is 1. The zero-order valence-corrected chi connectivity index (χ0v) is 15.1. The Morgan fingerprint density at radius 2 is 1.81 bits per heavy atom. The molecule has 1 amide bonds. The Labute approximate surface area is 158 Å². The smallest absolute Gasteiger partial charge is 0.337 e. The molecule has 2 aromatic rings. The average molecular weight is 369 g/mol. The molecule has 0 aliphatic carbocycles. The third-order valence-electron chi connectivity index (χ3n) is 4.38. The van der Waals surface area contributed by atoms with Crippen molar-refractivity contribution in [2.75, 3.05) is 12.2 Å². The number of nitrogens with one attached hydrogen (secondary N) is 1. The number of nitrogens with zero attached hydrogens (tertiary/aromatic N) is 1. The first-order valence-corrected chi connectivity index (χ1v) is 8.77. The molecule has 142 valence electrons. The second-order valence-electron chi connectivity index (χ2n) is 6.33. The molecule has 0 radical (unpaired) electrons. The van der Waals surface area contributed by atoms with Crippen LogP contribution in [0.3, 0.4) is 0 Å². The van der Waals surface area contributed by atoms with Gasteiger partial charge in [0.2, 0.25) is 5.91 Å². The first-order chi connectivity index (χ1) is 13.1. The lowest BCUT2D eigenvalue weighted by atomic mass is 10.1. The van der Waals surface area contributed by atoms with Gasteiger partial charge < -0.3 is 15.8 Å². The van der Waals surface area contributed by atoms with Crippen molar-refractivity contribution in [3.63, 3.8) is 0 Å². The molecule has 0 bridgehead atoms. The molecule has 1 saturated heterocycles. The highest BCUT2D eigenvalue weighted by Crippen LogP contribution is 2.27. The minimum Gasteiger partial charge on any atom is -0.467 e. The predicted octanol–water partition coefficient (Wildman–Crippen LogP) is 1.38. The Morgan fingerprint density at radius 1 is 1.19 bits per heavy atom. The van der Waals surface area contributed by atoms with E-state index in [1.165, 1.54) is 12.2 Å². The van der Waals surface area contributed by atoms with E-state index < -0.39 is 24.3 Å². The maximum Gasteiger partial charge on any atom is 0.337 e. The van der Waals surface area contributed by atoms with Gasteiger partial charge in [-0.05, 0) is 24.1 Å². The molecule has 1 aliphatic heterocycles. The maximum absolute atomic E-state index is 12.6.